The maximum Gasteiger partial charge on any atom is 0.141 e. The molecule has 1 aromatic rings. The van der Waals surface area contributed by atoms with E-state index in [9.17, 15) is 0 Å². The van der Waals surface area contributed by atoms with Crippen molar-refractivity contribution in [2.24, 2.45) is 11.8 Å². The molecule has 0 bridgehead atoms. The van der Waals surface area contributed by atoms with Gasteiger partial charge in [-0.3, -0.25) is 0 Å². The Morgan fingerprint density at radius 2 is 2.53 bits per heavy atom. The minimum Gasteiger partial charge on any atom is -0.384 e. The van der Waals surface area contributed by atoms with Gasteiger partial charge < -0.3 is 15.1 Å². The summed E-state index contributed by atoms with van der Waals surface area (Å²) in [4.78, 5) is 6.49. The highest BCUT2D eigenvalue weighted by molar-refractivity contribution is 5.53. The van der Waals surface area contributed by atoms with Crippen molar-refractivity contribution in [1.82, 2.24) is 4.98 Å². The number of piperidine rings is 1. The molecule has 1 aliphatic heterocycles. The zero-order chi connectivity index (χ0) is 12.1. The van der Waals surface area contributed by atoms with E-state index in [0.717, 1.165) is 19.7 Å². The first-order chi connectivity index (χ1) is 8.33. The number of nitrogen functional groups attached to an aromatic ring is 1. The lowest BCUT2D eigenvalue weighted by Gasteiger charge is -2.34. The molecule has 0 spiro atoms. The fourth-order valence-corrected chi connectivity index (χ4v) is 2.37. The van der Waals surface area contributed by atoms with Crippen LogP contribution < -0.4 is 16.2 Å². The van der Waals surface area contributed by atoms with Crippen LogP contribution >= 0.6 is 0 Å². The number of hydrogen-bond donors (Lipinski definition) is 2. The van der Waals surface area contributed by atoms with Crippen LogP contribution in [-0.4, -0.2) is 31.8 Å². The first kappa shape index (κ1) is 12.1. The summed E-state index contributed by atoms with van der Waals surface area (Å²) in [7, 11) is 1.77. The molecule has 5 nitrogen and oxygen atoms in total. The zero-order valence-corrected chi connectivity index (χ0v) is 10.2. The second kappa shape index (κ2) is 5.84. The summed E-state index contributed by atoms with van der Waals surface area (Å²) >= 11 is 0. The van der Waals surface area contributed by atoms with E-state index in [2.05, 4.69) is 15.3 Å². The summed E-state index contributed by atoms with van der Waals surface area (Å²) in [6.45, 7) is 2.97. The molecule has 5 heteroatoms. The molecule has 0 radical (unpaired) electrons. The Labute approximate surface area is 102 Å². The van der Waals surface area contributed by atoms with Crippen LogP contribution in [0.25, 0.3) is 0 Å². The Kier molecular flexibility index (Phi) is 4.17. The average molecular weight is 236 g/mol. The number of nitrogens with two attached hydrogens (primary N) is 1. The third-order valence-electron chi connectivity index (χ3n) is 3.18. The van der Waals surface area contributed by atoms with Gasteiger partial charge in [-0.05, 0) is 24.8 Å². The topological polar surface area (TPSA) is 63.4 Å². The van der Waals surface area contributed by atoms with E-state index in [1.165, 1.54) is 18.5 Å². The smallest absolute Gasteiger partial charge is 0.141 e. The molecule has 17 heavy (non-hydrogen) atoms. The second-order valence-electron chi connectivity index (χ2n) is 4.45. The molecule has 3 N–H and O–H groups in total. The van der Waals surface area contributed by atoms with E-state index in [0.29, 0.717) is 11.7 Å². The third kappa shape index (κ3) is 3.08. The summed E-state index contributed by atoms with van der Waals surface area (Å²) in [5.74, 6) is 6.70. The van der Waals surface area contributed by atoms with Crippen LogP contribution in [0.3, 0.4) is 0 Å². The first-order valence-electron chi connectivity index (χ1n) is 6.00. The van der Waals surface area contributed by atoms with Crippen molar-refractivity contribution in [3.63, 3.8) is 0 Å². The van der Waals surface area contributed by atoms with Crippen molar-refractivity contribution in [2.45, 2.75) is 12.8 Å². The van der Waals surface area contributed by atoms with Gasteiger partial charge in [0.15, 0.2) is 0 Å². The Morgan fingerprint density at radius 3 is 3.29 bits per heavy atom. The van der Waals surface area contributed by atoms with Crippen molar-refractivity contribution in [1.29, 1.82) is 0 Å². The van der Waals surface area contributed by atoms with E-state index < -0.39 is 0 Å². The maximum atomic E-state index is 5.37. The number of hydrogen-bond acceptors (Lipinski definition) is 5. The van der Waals surface area contributed by atoms with E-state index >= 15 is 0 Å². The van der Waals surface area contributed by atoms with Gasteiger partial charge in [0.1, 0.15) is 5.82 Å². The Hall–Kier alpha value is -1.33. The Bertz CT molecular complexity index is 356. The van der Waals surface area contributed by atoms with Crippen LogP contribution in [-0.2, 0) is 4.74 Å². The lowest BCUT2D eigenvalue weighted by Crippen LogP contribution is -2.37. The molecular weight excluding hydrogens is 216 g/mol. The van der Waals surface area contributed by atoms with E-state index in [-0.39, 0.29) is 0 Å². The summed E-state index contributed by atoms with van der Waals surface area (Å²) < 4.78 is 5.24. The molecule has 1 saturated heterocycles. The molecule has 94 valence electrons. The van der Waals surface area contributed by atoms with Crippen molar-refractivity contribution >= 4 is 11.5 Å². The first-order valence-corrected chi connectivity index (χ1v) is 6.00. The summed E-state index contributed by atoms with van der Waals surface area (Å²) in [6, 6.07) is 4.01. The SMILES string of the molecule is COCC1CCCN(c2ccnc(NN)c2)C1. The van der Waals surface area contributed by atoms with E-state index in [4.69, 9.17) is 10.6 Å². The van der Waals surface area contributed by atoms with Gasteiger partial charge in [-0.25, -0.2) is 10.8 Å². The predicted octanol–water partition coefficient (Wildman–Crippen LogP) is 1.23. The number of nitrogens with zero attached hydrogens (tertiary/aromatic N) is 2. The zero-order valence-electron chi connectivity index (χ0n) is 10.2. The van der Waals surface area contributed by atoms with Crippen LogP contribution in [0.4, 0.5) is 11.5 Å². The largest absolute Gasteiger partial charge is 0.384 e. The van der Waals surface area contributed by atoms with Crippen molar-refractivity contribution in [2.75, 3.05) is 37.1 Å². The minimum atomic E-state index is 0.621. The van der Waals surface area contributed by atoms with Crippen LogP contribution in [0, 0.1) is 5.92 Å². The van der Waals surface area contributed by atoms with Crippen LogP contribution in [0.15, 0.2) is 18.3 Å². The van der Waals surface area contributed by atoms with E-state index in [1.54, 1.807) is 13.3 Å². The summed E-state index contributed by atoms with van der Waals surface area (Å²) in [5.41, 5.74) is 3.76. The van der Waals surface area contributed by atoms with Gasteiger partial charge in [0.05, 0.1) is 6.61 Å². The normalized spacial score (nSPS) is 20.4. The summed E-state index contributed by atoms with van der Waals surface area (Å²) in [5, 5.41) is 0. The maximum absolute atomic E-state index is 5.37. The number of anilines is 2. The lowest BCUT2D eigenvalue weighted by molar-refractivity contribution is 0.143. The molecule has 0 amide bonds. The van der Waals surface area contributed by atoms with Crippen molar-refractivity contribution in [3.05, 3.63) is 18.3 Å². The number of pyridine rings is 1. The second-order valence-corrected chi connectivity index (χ2v) is 4.45. The molecule has 1 fully saturated rings. The van der Waals surface area contributed by atoms with E-state index in [1.807, 2.05) is 12.1 Å². The summed E-state index contributed by atoms with van der Waals surface area (Å²) in [6.07, 6.45) is 4.24. The van der Waals surface area contributed by atoms with Crippen LogP contribution in [0.5, 0.6) is 0 Å². The lowest BCUT2D eigenvalue weighted by atomic mass is 9.98. The van der Waals surface area contributed by atoms with Crippen molar-refractivity contribution in [3.8, 4) is 0 Å². The molecule has 1 aromatic heterocycles. The molecule has 0 aliphatic carbocycles. The number of hydrazine groups is 1. The number of methoxy groups -OCH3 is 1. The van der Waals surface area contributed by atoms with Gasteiger partial charge >= 0.3 is 0 Å². The highest BCUT2D eigenvalue weighted by Crippen LogP contribution is 2.24. The third-order valence-corrected chi connectivity index (χ3v) is 3.18. The molecule has 2 rings (SSSR count). The number of aromatic nitrogens is 1. The van der Waals surface area contributed by atoms with Gasteiger partial charge in [-0.15, -0.1) is 0 Å². The van der Waals surface area contributed by atoms with Crippen LogP contribution in [0.2, 0.25) is 0 Å². The highest BCUT2D eigenvalue weighted by atomic mass is 16.5. The number of rotatable bonds is 4. The molecule has 1 aliphatic rings. The van der Waals surface area contributed by atoms with Gasteiger partial charge in [0.25, 0.3) is 0 Å². The van der Waals surface area contributed by atoms with Gasteiger partial charge in [0.2, 0.25) is 0 Å². The average Bonchev–Trinajstić information content (AvgIpc) is 2.40. The van der Waals surface area contributed by atoms with Gasteiger partial charge in [-0.1, -0.05) is 0 Å². The standard InChI is InChI=1S/C12H20N4O/c1-17-9-10-3-2-6-16(8-10)11-4-5-14-12(7-11)15-13/h4-5,7,10H,2-3,6,8-9,13H2,1H3,(H,14,15). The fraction of sp³-hybridized carbons (Fsp3) is 0.583. The molecule has 1 unspecified atom stereocenters. The van der Waals surface area contributed by atoms with Crippen molar-refractivity contribution < 1.29 is 4.74 Å². The number of nitrogens with one attached hydrogen (secondary N) is 1. The monoisotopic (exact) mass is 236 g/mol. The molecule has 2 heterocycles. The minimum absolute atomic E-state index is 0.621. The van der Waals surface area contributed by atoms with Gasteiger partial charge in [0, 0.05) is 38.1 Å². The molecule has 0 saturated carbocycles. The fourth-order valence-electron chi connectivity index (χ4n) is 2.37. The Balaban J connectivity index is 2.05. The number of ether oxygens (including phenoxy) is 1. The predicted molar refractivity (Wildman–Crippen MR) is 68.9 cm³/mol. The Morgan fingerprint density at radius 1 is 1.65 bits per heavy atom. The quantitative estimate of drug-likeness (QED) is 0.608. The van der Waals surface area contributed by atoms with Gasteiger partial charge in [-0.2, -0.15) is 0 Å². The van der Waals surface area contributed by atoms with Crippen LogP contribution in [0.1, 0.15) is 12.8 Å². The molecular formula is C12H20N4O. The highest BCUT2D eigenvalue weighted by Gasteiger charge is 2.20. The molecule has 1 atom stereocenters. The molecule has 0 aromatic carbocycles.